The molecule has 0 aliphatic rings. The van der Waals surface area contributed by atoms with Gasteiger partial charge in [0, 0.05) is 19.4 Å². The van der Waals surface area contributed by atoms with E-state index in [1.165, 1.54) is 0 Å². The highest BCUT2D eigenvalue weighted by molar-refractivity contribution is 5.44. The first-order valence-corrected chi connectivity index (χ1v) is 2.55. The van der Waals surface area contributed by atoms with Crippen LogP contribution in [0.2, 0.25) is 0 Å². The normalized spacial score (nSPS) is 9.00. The molecule has 0 spiro atoms. The third kappa shape index (κ3) is 1.32. The number of hydrogen-bond donors (Lipinski definition) is 0. The first kappa shape index (κ1) is 5.88. The van der Waals surface area contributed by atoms with Gasteiger partial charge in [-0.05, 0) is 6.07 Å². The molecule has 48 valence electrons. The zero-order valence-electron chi connectivity index (χ0n) is 5.07. The number of aromatic nitrogens is 1. The molecule has 0 aliphatic carbocycles. The quantitative estimate of drug-likeness (QED) is 0.541. The van der Waals surface area contributed by atoms with Gasteiger partial charge in [-0.1, -0.05) is 0 Å². The van der Waals surface area contributed by atoms with Crippen molar-refractivity contribution in [3.63, 3.8) is 0 Å². The van der Waals surface area contributed by atoms with Gasteiger partial charge in [-0.2, -0.15) is 0 Å². The second-order valence-electron chi connectivity index (χ2n) is 1.73. The van der Waals surface area contributed by atoms with Crippen molar-refractivity contribution in [2.75, 3.05) is 0 Å². The summed E-state index contributed by atoms with van der Waals surface area (Å²) in [6, 6.07) is 1.72. The van der Waals surface area contributed by atoms with E-state index < -0.39 is 0 Å². The summed E-state index contributed by atoms with van der Waals surface area (Å²) in [6.07, 6.45) is 3.52. The topological polar surface area (TPSA) is 31.2 Å². The fourth-order valence-electron chi connectivity index (χ4n) is 0.603. The molecule has 0 amide bonds. The number of hydrogen-bond acceptors (Lipinski definition) is 2. The molecule has 3 nitrogen and oxygen atoms in total. The van der Waals surface area contributed by atoms with Crippen molar-refractivity contribution in [3.8, 4) is 5.75 Å². The van der Waals surface area contributed by atoms with E-state index in [0.717, 1.165) is 0 Å². The van der Waals surface area contributed by atoms with E-state index >= 15 is 0 Å². The van der Waals surface area contributed by atoms with E-state index in [4.69, 9.17) is 0 Å². The molecular weight excluding hydrogens is 118 g/mol. The molecule has 1 aromatic rings. The van der Waals surface area contributed by atoms with Gasteiger partial charge in [0.1, 0.15) is 5.75 Å². The Hall–Kier alpha value is -1.25. The molecule has 0 aromatic carbocycles. The lowest BCUT2D eigenvalue weighted by molar-refractivity contribution is -0.120. The lowest BCUT2D eigenvalue weighted by Crippen LogP contribution is -1.85. The van der Waals surface area contributed by atoms with Crippen LogP contribution in [0.15, 0.2) is 18.5 Å². The highest BCUT2D eigenvalue weighted by Gasteiger charge is 1.90. The monoisotopic (exact) mass is 125 g/mol. The van der Waals surface area contributed by atoms with Crippen molar-refractivity contribution in [3.05, 3.63) is 18.5 Å². The highest BCUT2D eigenvalue weighted by Crippen LogP contribution is 2.07. The predicted octanol–water partition coefficient (Wildman–Crippen LogP) is 0.560. The van der Waals surface area contributed by atoms with Crippen molar-refractivity contribution < 1.29 is 9.53 Å². The van der Waals surface area contributed by atoms with Crippen LogP contribution in [-0.4, -0.2) is 11.0 Å². The molecule has 0 bridgehead atoms. The van der Waals surface area contributed by atoms with Gasteiger partial charge in [-0.3, -0.25) is 4.79 Å². The number of rotatable bonds is 2. The minimum atomic E-state index is 0.412. The lowest BCUT2D eigenvalue weighted by Gasteiger charge is -1.87. The van der Waals surface area contributed by atoms with Crippen LogP contribution in [0.25, 0.3) is 0 Å². The predicted molar refractivity (Wildman–Crippen MR) is 32.1 cm³/mol. The van der Waals surface area contributed by atoms with E-state index in [2.05, 4.69) is 4.74 Å². The van der Waals surface area contributed by atoms with Crippen molar-refractivity contribution in [1.29, 1.82) is 0 Å². The SMILES string of the molecule is Cn1ccc(OC=O)c1. The van der Waals surface area contributed by atoms with Crippen LogP contribution >= 0.6 is 0 Å². The molecule has 1 aromatic heterocycles. The van der Waals surface area contributed by atoms with Crippen molar-refractivity contribution in [1.82, 2.24) is 4.57 Å². The molecule has 0 fully saturated rings. The number of ether oxygens (including phenoxy) is 1. The van der Waals surface area contributed by atoms with Crippen molar-refractivity contribution in [2.45, 2.75) is 0 Å². The average Bonchev–Trinajstić information content (AvgIpc) is 2.17. The second kappa shape index (κ2) is 2.35. The maximum absolute atomic E-state index is 9.75. The summed E-state index contributed by atoms with van der Waals surface area (Å²) in [5.74, 6) is 0.576. The Labute approximate surface area is 52.9 Å². The third-order valence-corrected chi connectivity index (χ3v) is 0.989. The Morgan fingerprint density at radius 2 is 2.56 bits per heavy atom. The minimum Gasteiger partial charge on any atom is -0.427 e. The summed E-state index contributed by atoms with van der Waals surface area (Å²) in [7, 11) is 1.86. The van der Waals surface area contributed by atoms with Crippen LogP contribution in [0.4, 0.5) is 0 Å². The Kier molecular flexibility index (Phi) is 1.53. The van der Waals surface area contributed by atoms with Gasteiger partial charge >= 0.3 is 0 Å². The maximum Gasteiger partial charge on any atom is 0.298 e. The van der Waals surface area contributed by atoms with E-state index in [1.54, 1.807) is 23.0 Å². The molecule has 0 saturated heterocycles. The van der Waals surface area contributed by atoms with Gasteiger partial charge in [0.15, 0.2) is 0 Å². The zero-order valence-corrected chi connectivity index (χ0v) is 5.07. The summed E-state index contributed by atoms with van der Waals surface area (Å²) < 4.78 is 6.33. The number of nitrogens with zero attached hydrogens (tertiary/aromatic N) is 1. The standard InChI is InChI=1S/C6H7NO2/c1-7-3-2-6(4-7)9-5-8/h2-5H,1H3. The molecule has 3 heteroatoms. The molecule has 0 aliphatic heterocycles. The van der Waals surface area contributed by atoms with Crippen molar-refractivity contribution in [2.24, 2.45) is 7.05 Å². The molecular formula is C6H7NO2. The van der Waals surface area contributed by atoms with Crippen LogP contribution in [0, 0.1) is 0 Å². The summed E-state index contributed by atoms with van der Waals surface area (Å²) in [5, 5.41) is 0. The first-order valence-electron chi connectivity index (χ1n) is 2.55. The van der Waals surface area contributed by atoms with Gasteiger partial charge in [0.2, 0.25) is 0 Å². The number of carbonyl (C=O) groups excluding carboxylic acids is 1. The molecule has 1 heterocycles. The van der Waals surface area contributed by atoms with E-state index in [0.29, 0.717) is 12.2 Å². The van der Waals surface area contributed by atoms with Crippen LogP contribution in [0.3, 0.4) is 0 Å². The Morgan fingerprint density at radius 3 is 3.00 bits per heavy atom. The van der Waals surface area contributed by atoms with Gasteiger partial charge in [0.05, 0.1) is 0 Å². The van der Waals surface area contributed by atoms with E-state index in [-0.39, 0.29) is 0 Å². The maximum atomic E-state index is 9.75. The smallest absolute Gasteiger partial charge is 0.298 e. The van der Waals surface area contributed by atoms with Gasteiger partial charge in [0.25, 0.3) is 6.47 Å². The summed E-state index contributed by atoms with van der Waals surface area (Å²) >= 11 is 0. The summed E-state index contributed by atoms with van der Waals surface area (Å²) in [6.45, 7) is 0.412. The van der Waals surface area contributed by atoms with Crippen LogP contribution in [0.1, 0.15) is 0 Å². The molecule has 1 rings (SSSR count). The van der Waals surface area contributed by atoms with Gasteiger partial charge in [-0.15, -0.1) is 0 Å². The average molecular weight is 125 g/mol. The van der Waals surface area contributed by atoms with Gasteiger partial charge < -0.3 is 9.30 Å². The fraction of sp³-hybridized carbons (Fsp3) is 0.167. The summed E-state index contributed by atoms with van der Waals surface area (Å²) in [4.78, 5) is 9.75. The Bertz CT molecular complexity index is 205. The van der Waals surface area contributed by atoms with Gasteiger partial charge in [-0.25, -0.2) is 0 Å². The summed E-state index contributed by atoms with van der Waals surface area (Å²) in [5.41, 5.74) is 0. The number of aryl methyl sites for hydroxylation is 1. The molecule has 0 N–H and O–H groups in total. The van der Waals surface area contributed by atoms with Crippen LogP contribution in [0.5, 0.6) is 5.75 Å². The minimum absolute atomic E-state index is 0.412. The second-order valence-corrected chi connectivity index (χ2v) is 1.73. The Morgan fingerprint density at radius 1 is 1.78 bits per heavy atom. The fourth-order valence-corrected chi connectivity index (χ4v) is 0.603. The molecule has 0 radical (unpaired) electrons. The third-order valence-electron chi connectivity index (χ3n) is 0.989. The molecule has 0 saturated carbocycles. The first-order chi connectivity index (χ1) is 4.33. The zero-order chi connectivity index (χ0) is 6.69. The Balaban J connectivity index is 2.72. The molecule has 9 heavy (non-hydrogen) atoms. The van der Waals surface area contributed by atoms with Crippen molar-refractivity contribution >= 4 is 6.47 Å². The molecule has 0 atom stereocenters. The lowest BCUT2D eigenvalue weighted by atomic mass is 10.6. The van der Waals surface area contributed by atoms with Crippen LogP contribution < -0.4 is 4.74 Å². The van der Waals surface area contributed by atoms with E-state index in [1.807, 2.05) is 7.05 Å². The molecule has 0 unspecified atom stereocenters. The highest BCUT2D eigenvalue weighted by atomic mass is 16.5. The number of carbonyl (C=O) groups is 1. The van der Waals surface area contributed by atoms with Crippen LogP contribution in [-0.2, 0) is 11.8 Å². The largest absolute Gasteiger partial charge is 0.427 e. The van der Waals surface area contributed by atoms with E-state index in [9.17, 15) is 4.79 Å².